The van der Waals surface area contributed by atoms with Gasteiger partial charge in [-0.05, 0) is 39.2 Å². The molecule has 19 heavy (non-hydrogen) atoms. The van der Waals surface area contributed by atoms with Crippen LogP contribution in [0.2, 0.25) is 0 Å². The van der Waals surface area contributed by atoms with E-state index in [-0.39, 0.29) is 6.04 Å². The van der Waals surface area contributed by atoms with Crippen LogP contribution in [0.1, 0.15) is 46.5 Å². The van der Waals surface area contributed by atoms with Crippen LogP contribution in [0.4, 0.5) is 13.2 Å². The molecule has 112 valence electrons. The van der Waals surface area contributed by atoms with Crippen molar-refractivity contribution in [3.05, 3.63) is 0 Å². The Balaban J connectivity index is 2.91. The molecule has 0 saturated carbocycles. The first kappa shape index (κ1) is 16.3. The topological polar surface area (TPSA) is 32.3 Å². The zero-order chi connectivity index (χ0) is 14.7. The monoisotopic (exact) mass is 280 g/mol. The van der Waals surface area contributed by atoms with E-state index >= 15 is 0 Å². The second-order valence-corrected chi connectivity index (χ2v) is 5.38. The lowest BCUT2D eigenvalue weighted by atomic mass is 9.96. The van der Waals surface area contributed by atoms with Gasteiger partial charge in [-0.25, -0.2) is 0 Å². The van der Waals surface area contributed by atoms with E-state index < -0.39 is 24.2 Å². The Kier molecular flexibility index (Phi) is 5.24. The van der Waals surface area contributed by atoms with Gasteiger partial charge >= 0.3 is 6.18 Å². The van der Waals surface area contributed by atoms with Crippen LogP contribution >= 0.6 is 0 Å². The van der Waals surface area contributed by atoms with E-state index in [9.17, 15) is 18.0 Å². The minimum Gasteiger partial charge on any atom is -0.329 e. The summed E-state index contributed by atoms with van der Waals surface area (Å²) in [6, 6.07) is -0.353. The van der Waals surface area contributed by atoms with Gasteiger partial charge in [0.2, 0.25) is 5.91 Å². The molecule has 1 heterocycles. The smallest absolute Gasteiger partial charge is 0.329 e. The zero-order valence-corrected chi connectivity index (χ0v) is 11.8. The molecule has 1 N–H and O–H groups in total. The van der Waals surface area contributed by atoms with E-state index in [0.717, 1.165) is 11.3 Å². The molecule has 6 heteroatoms. The SMILES string of the molecule is CCC(CC)N(CC(F)(F)F)C(=O)C1(C)CCCN1. The molecule has 3 nitrogen and oxygen atoms in total. The van der Waals surface area contributed by atoms with Crippen molar-refractivity contribution < 1.29 is 18.0 Å². The normalized spacial score (nSPS) is 23.9. The van der Waals surface area contributed by atoms with Gasteiger partial charge in [0.1, 0.15) is 6.54 Å². The number of hydrogen-bond donors (Lipinski definition) is 1. The van der Waals surface area contributed by atoms with Crippen molar-refractivity contribution in [3.63, 3.8) is 0 Å². The molecular formula is C13H23F3N2O. The van der Waals surface area contributed by atoms with E-state index in [0.29, 0.717) is 25.8 Å². The summed E-state index contributed by atoms with van der Waals surface area (Å²) in [7, 11) is 0. The van der Waals surface area contributed by atoms with Crippen LogP contribution in [0.3, 0.4) is 0 Å². The number of amides is 1. The zero-order valence-electron chi connectivity index (χ0n) is 11.8. The van der Waals surface area contributed by atoms with E-state index in [1.165, 1.54) is 0 Å². The first-order valence-electron chi connectivity index (χ1n) is 6.86. The maximum atomic E-state index is 12.7. The van der Waals surface area contributed by atoms with Crippen molar-refractivity contribution >= 4 is 5.91 Å². The van der Waals surface area contributed by atoms with Crippen molar-refractivity contribution in [1.29, 1.82) is 0 Å². The van der Waals surface area contributed by atoms with Crippen LogP contribution in [0.15, 0.2) is 0 Å². The lowest BCUT2D eigenvalue weighted by molar-refractivity contribution is -0.169. The number of halogens is 3. The number of alkyl halides is 3. The molecular weight excluding hydrogens is 257 g/mol. The highest BCUT2D eigenvalue weighted by molar-refractivity contribution is 5.86. The van der Waals surface area contributed by atoms with Gasteiger partial charge in [0.25, 0.3) is 0 Å². The fourth-order valence-electron chi connectivity index (χ4n) is 2.68. The molecule has 0 aliphatic carbocycles. The number of hydrogen-bond acceptors (Lipinski definition) is 2. The van der Waals surface area contributed by atoms with Crippen LogP contribution < -0.4 is 5.32 Å². The van der Waals surface area contributed by atoms with Gasteiger partial charge in [-0.1, -0.05) is 13.8 Å². The minimum absolute atomic E-state index is 0.353. The summed E-state index contributed by atoms with van der Waals surface area (Å²) in [5.41, 5.74) is -0.839. The summed E-state index contributed by atoms with van der Waals surface area (Å²) in [4.78, 5) is 13.5. The Hall–Kier alpha value is -0.780. The fourth-order valence-corrected chi connectivity index (χ4v) is 2.68. The maximum absolute atomic E-state index is 12.7. The highest BCUT2D eigenvalue weighted by Crippen LogP contribution is 2.27. The molecule has 0 aromatic rings. The number of rotatable bonds is 5. The summed E-state index contributed by atoms with van der Waals surface area (Å²) >= 11 is 0. The molecule has 1 amide bonds. The maximum Gasteiger partial charge on any atom is 0.406 e. The van der Waals surface area contributed by atoms with Gasteiger partial charge in [0, 0.05) is 6.04 Å². The number of nitrogens with zero attached hydrogens (tertiary/aromatic N) is 1. The first-order valence-corrected chi connectivity index (χ1v) is 6.86. The van der Waals surface area contributed by atoms with Gasteiger partial charge in [-0.15, -0.1) is 0 Å². The Morgan fingerprint density at radius 3 is 2.32 bits per heavy atom. The molecule has 1 saturated heterocycles. The van der Waals surface area contributed by atoms with Crippen molar-refractivity contribution in [3.8, 4) is 0 Å². The molecule has 1 rings (SSSR count). The van der Waals surface area contributed by atoms with Crippen LogP contribution in [0, 0.1) is 0 Å². The molecule has 0 aromatic heterocycles. The minimum atomic E-state index is -4.35. The standard InChI is InChI=1S/C13H23F3N2O/c1-4-10(5-2)18(9-13(14,15)16)11(19)12(3)7-6-8-17-12/h10,17H,4-9H2,1-3H3. The highest BCUT2D eigenvalue weighted by Gasteiger charge is 2.44. The lowest BCUT2D eigenvalue weighted by Gasteiger charge is -2.37. The van der Waals surface area contributed by atoms with Crippen molar-refractivity contribution in [2.24, 2.45) is 0 Å². The molecule has 1 aliphatic rings. The number of carbonyl (C=O) groups excluding carboxylic acids is 1. The number of nitrogens with one attached hydrogen (secondary N) is 1. The molecule has 1 aliphatic heterocycles. The number of carbonyl (C=O) groups is 1. The van der Waals surface area contributed by atoms with E-state index in [2.05, 4.69) is 5.32 Å². The molecule has 1 unspecified atom stereocenters. The average Bonchev–Trinajstić information content (AvgIpc) is 2.75. The van der Waals surface area contributed by atoms with Gasteiger partial charge in [0.15, 0.2) is 0 Å². The van der Waals surface area contributed by atoms with Gasteiger partial charge in [0.05, 0.1) is 5.54 Å². The van der Waals surface area contributed by atoms with Crippen molar-refractivity contribution in [2.75, 3.05) is 13.1 Å². The van der Waals surface area contributed by atoms with Crippen molar-refractivity contribution in [2.45, 2.75) is 64.2 Å². The van der Waals surface area contributed by atoms with E-state index in [1.54, 1.807) is 6.92 Å². The van der Waals surface area contributed by atoms with E-state index in [4.69, 9.17) is 0 Å². The Morgan fingerprint density at radius 2 is 1.95 bits per heavy atom. The van der Waals surface area contributed by atoms with Crippen LogP contribution in [0.5, 0.6) is 0 Å². The predicted octanol–water partition coefficient (Wildman–Crippen LogP) is 2.71. The summed E-state index contributed by atoms with van der Waals surface area (Å²) in [6.07, 6.45) is -1.86. The summed E-state index contributed by atoms with van der Waals surface area (Å²) in [6.45, 7) is 4.86. The quantitative estimate of drug-likeness (QED) is 0.840. The van der Waals surface area contributed by atoms with Crippen molar-refractivity contribution in [1.82, 2.24) is 10.2 Å². The largest absolute Gasteiger partial charge is 0.406 e. The van der Waals surface area contributed by atoms with Crippen LogP contribution in [-0.4, -0.2) is 41.7 Å². The van der Waals surface area contributed by atoms with Crippen LogP contribution in [0.25, 0.3) is 0 Å². The molecule has 1 atom stereocenters. The Bertz CT molecular complexity index is 308. The molecule has 0 radical (unpaired) electrons. The fraction of sp³-hybridized carbons (Fsp3) is 0.923. The Labute approximate surface area is 112 Å². The average molecular weight is 280 g/mol. The molecule has 0 spiro atoms. The third kappa shape index (κ3) is 4.09. The summed E-state index contributed by atoms with van der Waals surface area (Å²) in [5.74, 6) is -0.420. The van der Waals surface area contributed by atoms with E-state index in [1.807, 2.05) is 13.8 Å². The Morgan fingerprint density at radius 1 is 1.37 bits per heavy atom. The molecule has 0 aromatic carbocycles. The van der Waals surface area contributed by atoms with Gasteiger partial charge < -0.3 is 10.2 Å². The highest BCUT2D eigenvalue weighted by atomic mass is 19.4. The second-order valence-electron chi connectivity index (χ2n) is 5.38. The van der Waals surface area contributed by atoms with Gasteiger partial charge in [-0.2, -0.15) is 13.2 Å². The summed E-state index contributed by atoms with van der Waals surface area (Å²) < 4.78 is 38.1. The van der Waals surface area contributed by atoms with Crippen LogP contribution in [-0.2, 0) is 4.79 Å². The lowest BCUT2D eigenvalue weighted by Crippen LogP contribution is -2.57. The molecule has 1 fully saturated rings. The molecule has 0 bridgehead atoms. The third-order valence-electron chi connectivity index (χ3n) is 3.83. The third-order valence-corrected chi connectivity index (χ3v) is 3.83. The van der Waals surface area contributed by atoms with Gasteiger partial charge in [-0.3, -0.25) is 4.79 Å². The predicted molar refractivity (Wildman–Crippen MR) is 67.8 cm³/mol. The second kappa shape index (κ2) is 6.11. The summed E-state index contributed by atoms with van der Waals surface area (Å²) in [5, 5.41) is 3.04. The first-order chi connectivity index (χ1) is 8.73.